The summed E-state index contributed by atoms with van der Waals surface area (Å²) in [7, 11) is 0. The van der Waals surface area contributed by atoms with Crippen LogP contribution in [0.3, 0.4) is 0 Å². The third-order valence-corrected chi connectivity index (χ3v) is 4.71. The summed E-state index contributed by atoms with van der Waals surface area (Å²) in [5, 5.41) is 5.37. The van der Waals surface area contributed by atoms with Crippen molar-refractivity contribution in [3.8, 4) is 0 Å². The molecule has 1 aliphatic heterocycles. The number of alkyl halides is 1. The molecule has 1 aromatic rings. The molecule has 0 radical (unpaired) electrons. The van der Waals surface area contributed by atoms with Crippen LogP contribution >= 0.6 is 23.2 Å². The molecule has 1 atom stereocenters. The van der Waals surface area contributed by atoms with Gasteiger partial charge in [-0.25, -0.2) is 0 Å². The molecule has 1 aliphatic rings. The second-order valence-corrected chi connectivity index (χ2v) is 5.63. The van der Waals surface area contributed by atoms with Crippen molar-refractivity contribution in [2.24, 2.45) is 5.41 Å². The quantitative estimate of drug-likeness (QED) is 0.778. The number of nitrogens with zero attached hydrogens (tertiary/aromatic N) is 2. The maximum atomic E-state index is 6.44. The first-order valence-corrected chi connectivity index (χ1v) is 7.45. The van der Waals surface area contributed by atoms with Crippen molar-refractivity contribution in [1.82, 2.24) is 9.78 Å². The second kappa shape index (κ2) is 5.81. The van der Waals surface area contributed by atoms with Gasteiger partial charge >= 0.3 is 0 Å². The van der Waals surface area contributed by atoms with Gasteiger partial charge in [0.05, 0.1) is 23.0 Å². The lowest BCUT2D eigenvalue weighted by Crippen LogP contribution is -2.27. The van der Waals surface area contributed by atoms with E-state index in [0.717, 1.165) is 55.4 Å². The zero-order valence-electron chi connectivity index (χ0n) is 11.0. The van der Waals surface area contributed by atoms with Gasteiger partial charge in [-0.15, -0.1) is 11.6 Å². The smallest absolute Gasteiger partial charge is 0.0850 e. The Morgan fingerprint density at radius 3 is 2.72 bits per heavy atom. The largest absolute Gasteiger partial charge is 0.381 e. The molecule has 102 valence electrons. The molecular weight excluding hydrogens is 271 g/mol. The van der Waals surface area contributed by atoms with Gasteiger partial charge in [0.25, 0.3) is 0 Å². The summed E-state index contributed by atoms with van der Waals surface area (Å²) < 4.78 is 7.52. The molecule has 5 heteroatoms. The van der Waals surface area contributed by atoms with Crippen molar-refractivity contribution in [2.75, 3.05) is 19.1 Å². The van der Waals surface area contributed by atoms with Crippen LogP contribution in [0.15, 0.2) is 0 Å². The normalized spacial score (nSPS) is 23.8. The van der Waals surface area contributed by atoms with Gasteiger partial charge in [0.15, 0.2) is 0 Å². The monoisotopic (exact) mass is 290 g/mol. The Morgan fingerprint density at radius 2 is 2.22 bits per heavy atom. The number of hydrogen-bond donors (Lipinski definition) is 0. The standard InChI is InChI=1S/C13H20Cl2N2O/c1-3-10-12(15)11(17(4-2)16-10)7-13(8-14)5-6-18-9-13/h3-9H2,1-2H3. The molecule has 0 bridgehead atoms. The summed E-state index contributed by atoms with van der Waals surface area (Å²) in [4.78, 5) is 0. The fourth-order valence-electron chi connectivity index (χ4n) is 2.48. The second-order valence-electron chi connectivity index (χ2n) is 4.99. The molecular formula is C13H20Cl2N2O. The van der Waals surface area contributed by atoms with E-state index in [0.29, 0.717) is 5.88 Å². The van der Waals surface area contributed by atoms with E-state index < -0.39 is 0 Å². The van der Waals surface area contributed by atoms with Gasteiger partial charge in [0.2, 0.25) is 0 Å². The van der Waals surface area contributed by atoms with Crippen LogP contribution in [0.4, 0.5) is 0 Å². The number of halogens is 2. The third kappa shape index (κ3) is 2.54. The van der Waals surface area contributed by atoms with E-state index in [1.54, 1.807) is 0 Å². The Hall–Kier alpha value is -0.250. The first kappa shape index (κ1) is 14.2. The molecule has 0 N–H and O–H groups in total. The van der Waals surface area contributed by atoms with Crippen LogP contribution < -0.4 is 0 Å². The molecule has 0 saturated carbocycles. The van der Waals surface area contributed by atoms with E-state index >= 15 is 0 Å². The van der Waals surface area contributed by atoms with Crippen LogP contribution in [0, 0.1) is 5.41 Å². The minimum absolute atomic E-state index is 0.0309. The molecule has 3 nitrogen and oxygen atoms in total. The summed E-state index contributed by atoms with van der Waals surface area (Å²) in [6.07, 6.45) is 2.72. The zero-order chi connectivity index (χ0) is 13.2. The fraction of sp³-hybridized carbons (Fsp3) is 0.769. The van der Waals surface area contributed by atoms with Crippen LogP contribution in [0.1, 0.15) is 31.7 Å². The number of aryl methyl sites for hydroxylation is 2. The van der Waals surface area contributed by atoms with Crippen molar-refractivity contribution < 1.29 is 4.74 Å². The fourth-order valence-corrected chi connectivity index (χ4v) is 3.12. The molecule has 0 aliphatic carbocycles. The Bertz CT molecular complexity index is 411. The highest BCUT2D eigenvalue weighted by Crippen LogP contribution is 2.36. The Balaban J connectivity index is 2.29. The average molecular weight is 291 g/mol. The van der Waals surface area contributed by atoms with Crippen LogP contribution in [0.5, 0.6) is 0 Å². The van der Waals surface area contributed by atoms with Crippen LogP contribution in [-0.4, -0.2) is 28.9 Å². The molecule has 2 heterocycles. The molecule has 2 rings (SSSR count). The highest BCUT2D eigenvalue weighted by Gasteiger charge is 2.36. The van der Waals surface area contributed by atoms with Crippen molar-refractivity contribution in [2.45, 2.75) is 39.7 Å². The molecule has 0 aromatic carbocycles. The molecule has 1 unspecified atom stereocenters. The van der Waals surface area contributed by atoms with Crippen molar-refractivity contribution in [3.05, 3.63) is 16.4 Å². The molecule has 0 amide bonds. The number of hydrogen-bond acceptors (Lipinski definition) is 2. The molecule has 0 spiro atoms. The molecule has 1 saturated heterocycles. The van der Waals surface area contributed by atoms with E-state index in [4.69, 9.17) is 27.9 Å². The molecule has 1 fully saturated rings. The third-order valence-electron chi connectivity index (χ3n) is 3.71. The van der Waals surface area contributed by atoms with Gasteiger partial charge in [0, 0.05) is 24.4 Å². The van der Waals surface area contributed by atoms with E-state index in [2.05, 4.69) is 18.9 Å². The van der Waals surface area contributed by atoms with Crippen LogP contribution in [-0.2, 0) is 24.1 Å². The van der Waals surface area contributed by atoms with Gasteiger partial charge in [-0.2, -0.15) is 5.10 Å². The van der Waals surface area contributed by atoms with E-state index in [1.807, 2.05) is 4.68 Å². The maximum absolute atomic E-state index is 6.44. The Kier molecular flexibility index (Phi) is 4.57. The Labute approximate surface area is 118 Å². The van der Waals surface area contributed by atoms with E-state index in [-0.39, 0.29) is 5.41 Å². The average Bonchev–Trinajstić information content (AvgIpc) is 2.97. The van der Waals surface area contributed by atoms with Crippen LogP contribution in [0.2, 0.25) is 5.02 Å². The number of aromatic nitrogens is 2. The number of ether oxygens (including phenoxy) is 1. The van der Waals surface area contributed by atoms with Gasteiger partial charge in [-0.1, -0.05) is 18.5 Å². The topological polar surface area (TPSA) is 27.1 Å². The van der Waals surface area contributed by atoms with E-state index in [9.17, 15) is 0 Å². The lowest BCUT2D eigenvalue weighted by molar-refractivity contribution is 0.160. The maximum Gasteiger partial charge on any atom is 0.0850 e. The molecule has 18 heavy (non-hydrogen) atoms. The minimum Gasteiger partial charge on any atom is -0.381 e. The first-order valence-electron chi connectivity index (χ1n) is 6.53. The predicted octanol–water partition coefficient (Wildman–Crippen LogP) is 3.31. The summed E-state index contributed by atoms with van der Waals surface area (Å²) in [6.45, 7) is 6.53. The summed E-state index contributed by atoms with van der Waals surface area (Å²) in [6, 6.07) is 0. The predicted molar refractivity (Wildman–Crippen MR) is 74.6 cm³/mol. The number of rotatable bonds is 5. The summed E-state index contributed by atoms with van der Waals surface area (Å²) in [5.41, 5.74) is 2.13. The van der Waals surface area contributed by atoms with E-state index in [1.165, 1.54) is 0 Å². The lowest BCUT2D eigenvalue weighted by Gasteiger charge is -2.24. The van der Waals surface area contributed by atoms with Crippen LogP contribution in [0.25, 0.3) is 0 Å². The lowest BCUT2D eigenvalue weighted by atomic mass is 9.84. The first-order chi connectivity index (χ1) is 8.65. The summed E-state index contributed by atoms with van der Waals surface area (Å²) in [5.74, 6) is 0.611. The van der Waals surface area contributed by atoms with Crippen molar-refractivity contribution in [3.63, 3.8) is 0 Å². The Morgan fingerprint density at radius 1 is 1.44 bits per heavy atom. The SMILES string of the molecule is CCc1nn(CC)c(CC2(CCl)CCOC2)c1Cl. The summed E-state index contributed by atoms with van der Waals surface area (Å²) >= 11 is 12.6. The van der Waals surface area contributed by atoms with Gasteiger partial charge in [-0.3, -0.25) is 4.68 Å². The highest BCUT2D eigenvalue weighted by atomic mass is 35.5. The highest BCUT2D eigenvalue weighted by molar-refractivity contribution is 6.31. The van der Waals surface area contributed by atoms with Gasteiger partial charge in [0.1, 0.15) is 0 Å². The zero-order valence-corrected chi connectivity index (χ0v) is 12.5. The minimum atomic E-state index is 0.0309. The van der Waals surface area contributed by atoms with Crippen molar-refractivity contribution >= 4 is 23.2 Å². The molecule has 1 aromatic heterocycles. The van der Waals surface area contributed by atoms with Crippen molar-refractivity contribution in [1.29, 1.82) is 0 Å². The van der Waals surface area contributed by atoms with Gasteiger partial charge in [-0.05, 0) is 26.2 Å². The van der Waals surface area contributed by atoms with Gasteiger partial charge < -0.3 is 4.74 Å².